The number of anilines is 1. The Kier molecular flexibility index (Phi) is 2.48. The van der Waals surface area contributed by atoms with Gasteiger partial charge in [0, 0.05) is 24.5 Å². The second-order valence-corrected chi connectivity index (χ2v) is 5.33. The first kappa shape index (κ1) is 11.4. The molecule has 2 aliphatic rings. The van der Waals surface area contributed by atoms with Crippen LogP contribution in [0.15, 0.2) is 12.4 Å². The lowest BCUT2D eigenvalue weighted by Crippen LogP contribution is -2.45. The SMILES string of the molecule is Nc1cnc(C(=O)N2CC(N)C3(CCC3)C2)cn1. The highest BCUT2D eigenvalue weighted by atomic mass is 16.2. The van der Waals surface area contributed by atoms with Gasteiger partial charge in [-0.25, -0.2) is 9.97 Å². The monoisotopic (exact) mass is 247 g/mol. The van der Waals surface area contributed by atoms with Crippen molar-refractivity contribution in [1.29, 1.82) is 0 Å². The maximum absolute atomic E-state index is 12.3. The number of carbonyl (C=O) groups is 1. The number of amides is 1. The smallest absolute Gasteiger partial charge is 0.274 e. The molecule has 96 valence electrons. The van der Waals surface area contributed by atoms with Crippen molar-refractivity contribution in [3.05, 3.63) is 18.1 Å². The van der Waals surface area contributed by atoms with Crippen LogP contribution >= 0.6 is 0 Å². The molecule has 3 rings (SSSR count). The molecule has 1 spiro atoms. The second-order valence-electron chi connectivity index (χ2n) is 5.33. The molecule has 6 nitrogen and oxygen atoms in total. The summed E-state index contributed by atoms with van der Waals surface area (Å²) >= 11 is 0. The first-order valence-electron chi connectivity index (χ1n) is 6.23. The minimum absolute atomic E-state index is 0.0944. The fourth-order valence-electron chi connectivity index (χ4n) is 2.92. The molecule has 0 aromatic carbocycles. The Morgan fingerprint density at radius 2 is 2.17 bits per heavy atom. The van der Waals surface area contributed by atoms with Crippen LogP contribution in [-0.4, -0.2) is 39.9 Å². The zero-order valence-electron chi connectivity index (χ0n) is 10.2. The molecule has 6 heteroatoms. The highest BCUT2D eigenvalue weighted by molar-refractivity contribution is 5.92. The Labute approximate surface area is 105 Å². The molecule has 1 aromatic heterocycles. The number of hydrogen-bond donors (Lipinski definition) is 2. The lowest BCUT2D eigenvalue weighted by molar-refractivity contribution is 0.0721. The average Bonchev–Trinajstić information content (AvgIpc) is 2.67. The van der Waals surface area contributed by atoms with Crippen LogP contribution in [-0.2, 0) is 0 Å². The fourth-order valence-corrected chi connectivity index (χ4v) is 2.92. The van der Waals surface area contributed by atoms with Gasteiger partial charge in [0.05, 0.1) is 12.4 Å². The van der Waals surface area contributed by atoms with E-state index in [4.69, 9.17) is 11.5 Å². The Hall–Kier alpha value is -1.69. The standard InChI is InChI=1S/C12H17N5O/c13-9-6-17(7-12(9)2-1-3-12)11(18)8-4-16-10(14)5-15-8/h4-5,9H,1-3,6-7,13H2,(H2,14,16). The Morgan fingerprint density at radius 1 is 1.39 bits per heavy atom. The van der Waals surface area contributed by atoms with Crippen molar-refractivity contribution < 1.29 is 4.79 Å². The Morgan fingerprint density at radius 3 is 2.67 bits per heavy atom. The summed E-state index contributed by atoms with van der Waals surface area (Å²) in [7, 11) is 0. The molecule has 2 heterocycles. The van der Waals surface area contributed by atoms with E-state index in [1.165, 1.54) is 18.8 Å². The van der Waals surface area contributed by atoms with Crippen LogP contribution in [0, 0.1) is 5.41 Å². The van der Waals surface area contributed by atoms with E-state index in [1.807, 2.05) is 0 Å². The van der Waals surface area contributed by atoms with Crippen molar-refractivity contribution in [3.63, 3.8) is 0 Å². The summed E-state index contributed by atoms with van der Waals surface area (Å²) in [6.07, 6.45) is 6.31. The predicted octanol–water partition coefficient (Wildman–Crippen LogP) is 0.0122. The highest BCUT2D eigenvalue weighted by Gasteiger charge is 2.50. The third-order valence-corrected chi connectivity index (χ3v) is 4.24. The summed E-state index contributed by atoms with van der Waals surface area (Å²) in [5, 5.41) is 0. The van der Waals surface area contributed by atoms with Crippen molar-refractivity contribution in [2.45, 2.75) is 25.3 Å². The third-order valence-electron chi connectivity index (χ3n) is 4.24. The van der Waals surface area contributed by atoms with Gasteiger partial charge in [-0.05, 0) is 12.8 Å². The van der Waals surface area contributed by atoms with Gasteiger partial charge in [-0.3, -0.25) is 4.79 Å². The van der Waals surface area contributed by atoms with Crippen molar-refractivity contribution in [1.82, 2.24) is 14.9 Å². The quantitative estimate of drug-likeness (QED) is 0.728. The molecule has 0 bridgehead atoms. The lowest BCUT2D eigenvalue weighted by atomic mass is 9.66. The van der Waals surface area contributed by atoms with Gasteiger partial charge < -0.3 is 16.4 Å². The van der Waals surface area contributed by atoms with Gasteiger partial charge in [0.1, 0.15) is 11.5 Å². The first-order chi connectivity index (χ1) is 8.61. The number of nitrogens with two attached hydrogens (primary N) is 2. The molecule has 1 saturated heterocycles. The summed E-state index contributed by atoms with van der Waals surface area (Å²) in [6, 6.07) is 0.0944. The van der Waals surface area contributed by atoms with Gasteiger partial charge in [-0.15, -0.1) is 0 Å². The number of hydrogen-bond acceptors (Lipinski definition) is 5. The van der Waals surface area contributed by atoms with Crippen molar-refractivity contribution in [2.75, 3.05) is 18.8 Å². The first-order valence-corrected chi connectivity index (χ1v) is 6.23. The number of rotatable bonds is 1. The maximum Gasteiger partial charge on any atom is 0.274 e. The van der Waals surface area contributed by atoms with E-state index in [0.29, 0.717) is 18.1 Å². The normalized spacial score (nSPS) is 25.2. The van der Waals surface area contributed by atoms with E-state index in [-0.39, 0.29) is 17.4 Å². The zero-order chi connectivity index (χ0) is 12.8. The average molecular weight is 247 g/mol. The number of likely N-dealkylation sites (tertiary alicyclic amines) is 1. The van der Waals surface area contributed by atoms with Crippen LogP contribution in [0.25, 0.3) is 0 Å². The molecule has 1 aromatic rings. The minimum atomic E-state index is -0.0956. The van der Waals surface area contributed by atoms with Crippen molar-refractivity contribution in [2.24, 2.45) is 11.1 Å². The number of nitrogen functional groups attached to an aromatic ring is 1. The lowest BCUT2D eigenvalue weighted by Gasteiger charge is -2.41. The topological polar surface area (TPSA) is 98.1 Å². The van der Waals surface area contributed by atoms with Crippen LogP contribution < -0.4 is 11.5 Å². The summed E-state index contributed by atoms with van der Waals surface area (Å²) in [6.45, 7) is 1.37. The minimum Gasteiger partial charge on any atom is -0.382 e. The highest BCUT2D eigenvalue weighted by Crippen LogP contribution is 2.47. The third kappa shape index (κ3) is 1.64. The van der Waals surface area contributed by atoms with Gasteiger partial charge in [0.25, 0.3) is 5.91 Å². The molecular formula is C12H17N5O. The molecule has 1 aliphatic heterocycles. The molecule has 1 amide bonds. The zero-order valence-corrected chi connectivity index (χ0v) is 10.2. The number of nitrogens with zero attached hydrogens (tertiary/aromatic N) is 3. The molecule has 18 heavy (non-hydrogen) atoms. The van der Waals surface area contributed by atoms with Crippen LogP contribution in [0.3, 0.4) is 0 Å². The molecular weight excluding hydrogens is 230 g/mol. The fraction of sp³-hybridized carbons (Fsp3) is 0.583. The van der Waals surface area contributed by atoms with Crippen LogP contribution in [0.1, 0.15) is 29.8 Å². The van der Waals surface area contributed by atoms with Crippen LogP contribution in [0.4, 0.5) is 5.82 Å². The Balaban J connectivity index is 1.76. The van der Waals surface area contributed by atoms with E-state index in [0.717, 1.165) is 19.4 Å². The summed E-state index contributed by atoms with van der Waals surface area (Å²) in [5.41, 5.74) is 12.1. The van der Waals surface area contributed by atoms with Gasteiger partial charge in [-0.1, -0.05) is 6.42 Å². The maximum atomic E-state index is 12.3. The molecule has 1 atom stereocenters. The van der Waals surface area contributed by atoms with Crippen LogP contribution in [0.2, 0.25) is 0 Å². The summed E-state index contributed by atoms with van der Waals surface area (Å²) in [5.74, 6) is 0.224. The molecule has 2 fully saturated rings. The number of aromatic nitrogens is 2. The second kappa shape index (κ2) is 3.91. The van der Waals surface area contributed by atoms with Gasteiger partial charge in [-0.2, -0.15) is 0 Å². The molecule has 0 radical (unpaired) electrons. The van der Waals surface area contributed by atoms with E-state index >= 15 is 0 Å². The van der Waals surface area contributed by atoms with Gasteiger partial charge in [0.15, 0.2) is 0 Å². The molecule has 1 saturated carbocycles. The van der Waals surface area contributed by atoms with E-state index in [2.05, 4.69) is 9.97 Å². The van der Waals surface area contributed by atoms with E-state index < -0.39 is 0 Å². The van der Waals surface area contributed by atoms with Crippen molar-refractivity contribution in [3.8, 4) is 0 Å². The van der Waals surface area contributed by atoms with Gasteiger partial charge >= 0.3 is 0 Å². The van der Waals surface area contributed by atoms with E-state index in [1.54, 1.807) is 4.90 Å². The largest absolute Gasteiger partial charge is 0.382 e. The molecule has 1 aliphatic carbocycles. The predicted molar refractivity (Wildman–Crippen MR) is 66.6 cm³/mol. The van der Waals surface area contributed by atoms with Crippen molar-refractivity contribution >= 4 is 11.7 Å². The summed E-state index contributed by atoms with van der Waals surface area (Å²) in [4.78, 5) is 22.0. The van der Waals surface area contributed by atoms with E-state index in [9.17, 15) is 4.79 Å². The van der Waals surface area contributed by atoms with Gasteiger partial charge in [0.2, 0.25) is 0 Å². The molecule has 1 unspecified atom stereocenters. The Bertz CT molecular complexity index is 468. The summed E-state index contributed by atoms with van der Waals surface area (Å²) < 4.78 is 0. The van der Waals surface area contributed by atoms with Crippen LogP contribution in [0.5, 0.6) is 0 Å². The number of carbonyl (C=O) groups excluding carboxylic acids is 1. The molecule has 4 N–H and O–H groups in total.